The van der Waals surface area contributed by atoms with E-state index >= 15 is 0 Å². The Kier molecular flexibility index (Phi) is 5.49. The van der Waals surface area contributed by atoms with E-state index in [1.165, 1.54) is 6.20 Å². The van der Waals surface area contributed by atoms with Crippen molar-refractivity contribution in [1.82, 2.24) is 9.47 Å². The number of fused-ring (bicyclic) bond motifs is 1. The zero-order valence-corrected chi connectivity index (χ0v) is 17.1. The number of aromatic nitrogens is 1. The molecule has 160 valence electrons. The van der Waals surface area contributed by atoms with Gasteiger partial charge >= 0.3 is 5.97 Å². The van der Waals surface area contributed by atoms with Gasteiger partial charge in [-0.3, -0.25) is 9.59 Å². The van der Waals surface area contributed by atoms with Crippen LogP contribution in [0, 0.1) is 11.7 Å². The number of rotatable bonds is 4. The first kappa shape index (κ1) is 20.4. The number of benzene rings is 1. The summed E-state index contributed by atoms with van der Waals surface area (Å²) in [5.41, 5.74) is -0.163. The van der Waals surface area contributed by atoms with E-state index in [2.05, 4.69) is 0 Å². The minimum absolute atomic E-state index is 0.0630. The number of carboxylic acid groups (broad SMARTS) is 1. The van der Waals surface area contributed by atoms with Gasteiger partial charge in [0.05, 0.1) is 11.2 Å². The lowest BCUT2D eigenvalue weighted by Gasteiger charge is -2.37. The lowest BCUT2D eigenvalue weighted by atomic mass is 10.1. The van der Waals surface area contributed by atoms with Gasteiger partial charge in [0.25, 0.3) is 0 Å². The van der Waals surface area contributed by atoms with Gasteiger partial charge < -0.3 is 19.5 Å². The van der Waals surface area contributed by atoms with Crippen LogP contribution >= 0.6 is 0 Å². The summed E-state index contributed by atoms with van der Waals surface area (Å²) >= 11 is 0. The van der Waals surface area contributed by atoms with Crippen LogP contribution in [0.5, 0.6) is 0 Å². The Balaban J connectivity index is 1.61. The van der Waals surface area contributed by atoms with Crippen LogP contribution in [0.1, 0.15) is 43.0 Å². The van der Waals surface area contributed by atoms with Crippen molar-refractivity contribution >= 4 is 28.5 Å². The molecule has 1 N–H and O–H groups in total. The van der Waals surface area contributed by atoms with Crippen LogP contribution in [-0.4, -0.2) is 52.6 Å². The Labute approximate surface area is 173 Å². The summed E-state index contributed by atoms with van der Waals surface area (Å²) in [6.07, 6.45) is 5.46. The summed E-state index contributed by atoms with van der Waals surface area (Å²) in [4.78, 5) is 40.3. The smallest absolute Gasteiger partial charge is 0.341 e. The molecule has 1 amide bonds. The van der Waals surface area contributed by atoms with Gasteiger partial charge in [0.15, 0.2) is 0 Å². The molecule has 1 aliphatic carbocycles. The number of carbonyl (C=O) groups excluding carboxylic acids is 1. The van der Waals surface area contributed by atoms with Crippen molar-refractivity contribution in [3.8, 4) is 0 Å². The summed E-state index contributed by atoms with van der Waals surface area (Å²) in [5, 5.41) is 9.34. The molecular formula is C22H26FN3O4. The monoisotopic (exact) mass is 415 g/mol. The lowest BCUT2D eigenvalue weighted by Crippen LogP contribution is -2.50. The van der Waals surface area contributed by atoms with Gasteiger partial charge in [0, 0.05) is 50.2 Å². The van der Waals surface area contributed by atoms with Crippen LogP contribution in [-0.2, 0) is 11.3 Å². The first-order valence-corrected chi connectivity index (χ1v) is 10.5. The second-order valence-electron chi connectivity index (χ2n) is 8.08. The Morgan fingerprint density at radius 1 is 1.13 bits per heavy atom. The maximum Gasteiger partial charge on any atom is 0.341 e. The van der Waals surface area contributed by atoms with Gasteiger partial charge in [-0.1, -0.05) is 12.8 Å². The molecule has 7 nitrogen and oxygen atoms in total. The fourth-order valence-electron chi connectivity index (χ4n) is 4.65. The topological polar surface area (TPSA) is 82.8 Å². The largest absolute Gasteiger partial charge is 0.477 e. The Morgan fingerprint density at radius 2 is 1.80 bits per heavy atom. The average Bonchev–Trinajstić information content (AvgIpc) is 3.28. The lowest BCUT2D eigenvalue weighted by molar-refractivity contribution is -0.135. The SMILES string of the molecule is CCn1cc(C(=O)O)c(=O)c2cc(F)c(N3CCN(C(=O)C4CCCC4)CC3)cc21. The summed E-state index contributed by atoms with van der Waals surface area (Å²) in [6, 6.07) is 2.76. The number of piperazine rings is 1. The number of aryl methyl sites for hydroxylation is 1. The highest BCUT2D eigenvalue weighted by molar-refractivity contribution is 5.93. The van der Waals surface area contributed by atoms with Crippen LogP contribution in [0.25, 0.3) is 10.9 Å². The Hall–Kier alpha value is -2.90. The number of amides is 1. The fraction of sp³-hybridized carbons (Fsp3) is 0.500. The number of halogens is 1. The van der Waals surface area contributed by atoms with Crippen molar-refractivity contribution in [3.63, 3.8) is 0 Å². The van der Waals surface area contributed by atoms with Crippen LogP contribution in [0.4, 0.5) is 10.1 Å². The van der Waals surface area contributed by atoms with Gasteiger partial charge in [-0.25, -0.2) is 9.18 Å². The van der Waals surface area contributed by atoms with Gasteiger partial charge in [-0.15, -0.1) is 0 Å². The molecule has 0 atom stereocenters. The molecule has 2 aliphatic rings. The number of carbonyl (C=O) groups is 2. The van der Waals surface area contributed by atoms with Gasteiger partial charge in [-0.05, 0) is 31.9 Å². The summed E-state index contributed by atoms with van der Waals surface area (Å²) in [7, 11) is 0. The summed E-state index contributed by atoms with van der Waals surface area (Å²) in [6.45, 7) is 4.42. The molecule has 1 saturated carbocycles. The Morgan fingerprint density at radius 3 is 2.40 bits per heavy atom. The zero-order valence-electron chi connectivity index (χ0n) is 17.1. The number of nitrogens with zero attached hydrogens (tertiary/aromatic N) is 3. The molecule has 1 aromatic heterocycles. The van der Waals surface area contributed by atoms with Crippen molar-refractivity contribution in [1.29, 1.82) is 0 Å². The Bertz CT molecular complexity index is 1050. The normalized spacial score (nSPS) is 17.7. The molecule has 4 rings (SSSR count). The molecule has 0 spiro atoms. The van der Waals surface area contributed by atoms with E-state index in [0.29, 0.717) is 43.9 Å². The molecular weight excluding hydrogens is 389 g/mol. The molecule has 1 aliphatic heterocycles. The molecule has 1 aromatic carbocycles. The number of pyridine rings is 1. The van der Waals surface area contributed by atoms with E-state index in [-0.39, 0.29) is 22.8 Å². The number of anilines is 1. The molecule has 0 bridgehead atoms. The minimum atomic E-state index is -1.32. The van der Waals surface area contributed by atoms with E-state index in [1.54, 1.807) is 10.6 Å². The minimum Gasteiger partial charge on any atom is -0.477 e. The number of hydrogen-bond donors (Lipinski definition) is 1. The quantitative estimate of drug-likeness (QED) is 0.830. The van der Waals surface area contributed by atoms with Crippen LogP contribution in [0.2, 0.25) is 0 Å². The highest BCUT2D eigenvalue weighted by Crippen LogP contribution is 2.29. The fourth-order valence-corrected chi connectivity index (χ4v) is 4.65. The maximum atomic E-state index is 14.9. The van der Waals surface area contributed by atoms with Gasteiger partial charge in [-0.2, -0.15) is 0 Å². The third kappa shape index (κ3) is 3.55. The highest BCUT2D eigenvalue weighted by atomic mass is 19.1. The van der Waals surface area contributed by atoms with Crippen molar-refractivity contribution in [2.45, 2.75) is 39.2 Å². The number of hydrogen-bond acceptors (Lipinski definition) is 4. The standard InChI is InChI=1S/C22H26FN3O4/c1-2-24-13-16(22(29)30)20(27)15-11-17(23)19(12-18(15)24)25-7-9-26(10-8-25)21(28)14-5-3-4-6-14/h11-14H,2-10H2,1H3,(H,29,30). The van der Waals surface area contributed by atoms with Crippen molar-refractivity contribution < 1.29 is 19.1 Å². The molecule has 30 heavy (non-hydrogen) atoms. The third-order valence-corrected chi connectivity index (χ3v) is 6.36. The predicted octanol–water partition coefficient (Wildman–Crippen LogP) is 2.70. The van der Waals surface area contributed by atoms with Crippen LogP contribution < -0.4 is 10.3 Å². The maximum absolute atomic E-state index is 14.9. The van der Waals surface area contributed by atoms with E-state index in [4.69, 9.17) is 0 Å². The second-order valence-corrected chi connectivity index (χ2v) is 8.08. The molecule has 0 unspecified atom stereocenters. The first-order valence-electron chi connectivity index (χ1n) is 10.5. The molecule has 8 heteroatoms. The number of carboxylic acids is 1. The zero-order chi connectivity index (χ0) is 21.4. The molecule has 1 saturated heterocycles. The van der Waals surface area contributed by atoms with Crippen molar-refractivity contribution in [3.05, 3.63) is 39.9 Å². The summed E-state index contributed by atoms with van der Waals surface area (Å²) in [5.74, 6) is -1.53. The second kappa shape index (κ2) is 8.08. The molecule has 0 radical (unpaired) electrons. The van der Waals surface area contributed by atoms with Crippen LogP contribution in [0.15, 0.2) is 23.1 Å². The van der Waals surface area contributed by atoms with E-state index in [0.717, 1.165) is 31.7 Å². The average molecular weight is 415 g/mol. The molecule has 2 aromatic rings. The summed E-state index contributed by atoms with van der Waals surface area (Å²) < 4.78 is 16.6. The van der Waals surface area contributed by atoms with E-state index in [1.807, 2.05) is 16.7 Å². The van der Waals surface area contributed by atoms with Gasteiger partial charge in [0.1, 0.15) is 11.4 Å². The van der Waals surface area contributed by atoms with Crippen LogP contribution in [0.3, 0.4) is 0 Å². The molecule has 2 fully saturated rings. The van der Waals surface area contributed by atoms with E-state index in [9.17, 15) is 23.9 Å². The number of aromatic carboxylic acids is 1. The molecule has 2 heterocycles. The first-order chi connectivity index (χ1) is 14.4. The van der Waals surface area contributed by atoms with E-state index < -0.39 is 17.2 Å². The van der Waals surface area contributed by atoms with Crippen molar-refractivity contribution in [2.24, 2.45) is 5.92 Å². The van der Waals surface area contributed by atoms with Gasteiger partial charge in [0.2, 0.25) is 11.3 Å². The third-order valence-electron chi connectivity index (χ3n) is 6.36. The highest BCUT2D eigenvalue weighted by Gasteiger charge is 2.30. The predicted molar refractivity (Wildman–Crippen MR) is 112 cm³/mol. The van der Waals surface area contributed by atoms with Crippen molar-refractivity contribution in [2.75, 3.05) is 31.1 Å².